The van der Waals surface area contributed by atoms with Gasteiger partial charge in [0.05, 0.1) is 11.4 Å². The van der Waals surface area contributed by atoms with Gasteiger partial charge >= 0.3 is 0 Å². The largest absolute Gasteiger partial charge is 0.399 e. The molecular weight excluding hydrogens is 311 g/mol. The first kappa shape index (κ1) is 13.9. The average molecular weight is 321 g/mol. The highest BCUT2D eigenvalue weighted by atomic mass is 35.5. The highest BCUT2D eigenvalue weighted by Crippen LogP contribution is 2.31. The number of carbonyl (C=O) groups is 2. The molecule has 1 amide bonds. The van der Waals surface area contributed by atoms with E-state index in [4.69, 9.17) is 28.9 Å². The third-order valence-electron chi connectivity index (χ3n) is 3.24. The molecule has 21 heavy (non-hydrogen) atoms. The molecule has 0 spiro atoms. The molecule has 0 unspecified atom stereocenters. The minimum Gasteiger partial charge on any atom is -0.399 e. The third kappa shape index (κ3) is 2.60. The molecule has 2 aromatic carbocycles. The van der Waals surface area contributed by atoms with Gasteiger partial charge in [0.15, 0.2) is 5.78 Å². The van der Waals surface area contributed by atoms with Gasteiger partial charge in [0.25, 0.3) is 0 Å². The standard InChI is InChI=1S/C15H10Cl2N2O2/c16-9-1-8(2-10(18)5-9)15(21)11-3-7-4-14(20)19-13(7)6-12(11)17/h1-3,5-6H,4,18H2,(H,19,20). The number of carbonyl (C=O) groups excluding carboxylic acids is 2. The van der Waals surface area contributed by atoms with E-state index in [9.17, 15) is 9.59 Å². The summed E-state index contributed by atoms with van der Waals surface area (Å²) in [7, 11) is 0. The Morgan fingerprint density at radius 2 is 1.90 bits per heavy atom. The first-order chi connectivity index (χ1) is 9.94. The first-order valence-corrected chi connectivity index (χ1v) is 6.92. The molecule has 3 N–H and O–H groups in total. The summed E-state index contributed by atoms with van der Waals surface area (Å²) in [6.45, 7) is 0. The van der Waals surface area contributed by atoms with Gasteiger partial charge in [-0.15, -0.1) is 0 Å². The summed E-state index contributed by atoms with van der Waals surface area (Å²) in [4.78, 5) is 23.9. The van der Waals surface area contributed by atoms with E-state index in [1.165, 1.54) is 6.07 Å². The number of hydrogen-bond donors (Lipinski definition) is 2. The Bertz CT molecular complexity index is 767. The maximum atomic E-state index is 12.5. The number of hydrogen-bond acceptors (Lipinski definition) is 3. The Morgan fingerprint density at radius 1 is 1.14 bits per heavy atom. The van der Waals surface area contributed by atoms with Crippen LogP contribution in [0, 0.1) is 0 Å². The average Bonchev–Trinajstić information content (AvgIpc) is 2.75. The highest BCUT2D eigenvalue weighted by molar-refractivity contribution is 6.36. The lowest BCUT2D eigenvalue weighted by atomic mass is 9.99. The van der Waals surface area contributed by atoms with Crippen molar-refractivity contribution in [2.24, 2.45) is 0 Å². The molecule has 0 saturated heterocycles. The molecule has 4 nitrogen and oxygen atoms in total. The van der Waals surface area contributed by atoms with Gasteiger partial charge in [0.1, 0.15) is 0 Å². The zero-order valence-corrected chi connectivity index (χ0v) is 12.3. The number of fused-ring (bicyclic) bond motifs is 1. The Kier molecular flexibility index (Phi) is 3.35. The summed E-state index contributed by atoms with van der Waals surface area (Å²) in [6.07, 6.45) is 0.241. The summed E-state index contributed by atoms with van der Waals surface area (Å²) in [5.41, 5.74) is 8.19. The molecule has 0 saturated carbocycles. The predicted octanol–water partition coefficient (Wildman–Crippen LogP) is 3.30. The molecule has 1 aliphatic rings. The predicted molar refractivity (Wildman–Crippen MR) is 83.1 cm³/mol. The van der Waals surface area contributed by atoms with Crippen molar-refractivity contribution in [2.75, 3.05) is 11.1 Å². The van der Waals surface area contributed by atoms with Gasteiger partial charge in [-0.3, -0.25) is 9.59 Å². The molecule has 3 rings (SSSR count). The van der Waals surface area contributed by atoms with Gasteiger partial charge in [0.2, 0.25) is 5.91 Å². The van der Waals surface area contributed by atoms with Gasteiger partial charge in [-0.05, 0) is 35.9 Å². The zero-order valence-electron chi connectivity index (χ0n) is 10.7. The van der Waals surface area contributed by atoms with E-state index < -0.39 is 0 Å². The number of ketones is 1. The van der Waals surface area contributed by atoms with Crippen LogP contribution in [0.2, 0.25) is 10.0 Å². The second-order valence-electron chi connectivity index (χ2n) is 4.82. The van der Waals surface area contributed by atoms with E-state index in [0.29, 0.717) is 27.5 Å². The lowest BCUT2D eigenvalue weighted by Crippen LogP contribution is -2.04. The summed E-state index contributed by atoms with van der Waals surface area (Å²) < 4.78 is 0. The normalized spacial score (nSPS) is 13.0. The lowest BCUT2D eigenvalue weighted by Gasteiger charge is -2.08. The van der Waals surface area contributed by atoms with Crippen LogP contribution in [0.15, 0.2) is 30.3 Å². The van der Waals surface area contributed by atoms with Crippen molar-refractivity contribution >= 4 is 46.3 Å². The Morgan fingerprint density at radius 3 is 2.62 bits per heavy atom. The number of nitrogen functional groups attached to an aromatic ring is 1. The fourth-order valence-corrected chi connectivity index (χ4v) is 2.81. The molecule has 0 atom stereocenters. The molecular formula is C15H10Cl2N2O2. The monoisotopic (exact) mass is 320 g/mol. The molecule has 106 valence electrons. The zero-order chi connectivity index (χ0) is 15.1. The lowest BCUT2D eigenvalue weighted by molar-refractivity contribution is -0.115. The number of nitrogens with two attached hydrogens (primary N) is 1. The van der Waals surface area contributed by atoms with Crippen molar-refractivity contribution in [2.45, 2.75) is 6.42 Å². The molecule has 1 aliphatic heterocycles. The van der Waals surface area contributed by atoms with Crippen molar-refractivity contribution in [3.63, 3.8) is 0 Å². The first-order valence-electron chi connectivity index (χ1n) is 6.17. The van der Waals surface area contributed by atoms with Crippen molar-refractivity contribution < 1.29 is 9.59 Å². The van der Waals surface area contributed by atoms with Crippen LogP contribution in [-0.2, 0) is 11.2 Å². The van der Waals surface area contributed by atoms with Crippen LogP contribution in [0.25, 0.3) is 0 Å². The fourth-order valence-electron chi connectivity index (χ4n) is 2.32. The maximum absolute atomic E-state index is 12.5. The number of anilines is 2. The van der Waals surface area contributed by atoms with E-state index in [2.05, 4.69) is 5.32 Å². The van der Waals surface area contributed by atoms with Crippen LogP contribution in [0.4, 0.5) is 11.4 Å². The van der Waals surface area contributed by atoms with Crippen LogP contribution < -0.4 is 11.1 Å². The number of benzene rings is 2. The summed E-state index contributed by atoms with van der Waals surface area (Å²) in [5, 5.41) is 3.35. The Balaban J connectivity index is 2.06. The molecule has 0 fully saturated rings. The fraction of sp³-hybridized carbons (Fsp3) is 0.0667. The summed E-state index contributed by atoms with van der Waals surface area (Å²) in [5.74, 6) is -0.394. The summed E-state index contributed by atoms with van der Waals surface area (Å²) in [6, 6.07) is 7.86. The topological polar surface area (TPSA) is 72.2 Å². The molecule has 0 aliphatic carbocycles. The molecule has 0 bridgehead atoms. The minimum atomic E-state index is -0.281. The highest BCUT2D eigenvalue weighted by Gasteiger charge is 2.22. The third-order valence-corrected chi connectivity index (χ3v) is 3.78. The molecule has 0 radical (unpaired) electrons. The smallest absolute Gasteiger partial charge is 0.228 e. The number of halogens is 2. The molecule has 0 aromatic heterocycles. The molecule has 6 heteroatoms. The van der Waals surface area contributed by atoms with Crippen LogP contribution in [0.3, 0.4) is 0 Å². The van der Waals surface area contributed by atoms with E-state index in [1.54, 1.807) is 24.3 Å². The maximum Gasteiger partial charge on any atom is 0.228 e. The van der Waals surface area contributed by atoms with Gasteiger partial charge < -0.3 is 11.1 Å². The second-order valence-corrected chi connectivity index (χ2v) is 5.66. The van der Waals surface area contributed by atoms with Crippen LogP contribution >= 0.6 is 23.2 Å². The minimum absolute atomic E-state index is 0.113. The van der Waals surface area contributed by atoms with E-state index >= 15 is 0 Å². The van der Waals surface area contributed by atoms with Crippen molar-refractivity contribution in [3.05, 3.63) is 57.1 Å². The number of rotatable bonds is 2. The van der Waals surface area contributed by atoms with Gasteiger partial charge in [-0.1, -0.05) is 23.2 Å². The quantitative estimate of drug-likeness (QED) is 0.658. The molecule has 1 heterocycles. The molecule has 2 aromatic rings. The SMILES string of the molecule is Nc1cc(Cl)cc(C(=O)c2cc3c(cc2Cl)NC(=O)C3)c1. The van der Waals surface area contributed by atoms with Gasteiger partial charge in [0, 0.05) is 27.5 Å². The Labute approximate surface area is 130 Å². The van der Waals surface area contributed by atoms with Crippen LogP contribution in [0.5, 0.6) is 0 Å². The van der Waals surface area contributed by atoms with Crippen molar-refractivity contribution in [1.29, 1.82) is 0 Å². The van der Waals surface area contributed by atoms with Gasteiger partial charge in [-0.2, -0.15) is 0 Å². The number of amides is 1. The second kappa shape index (κ2) is 5.06. The van der Waals surface area contributed by atoms with Crippen LogP contribution in [-0.4, -0.2) is 11.7 Å². The van der Waals surface area contributed by atoms with Crippen molar-refractivity contribution in [3.8, 4) is 0 Å². The van der Waals surface area contributed by atoms with E-state index in [1.807, 2.05) is 0 Å². The van der Waals surface area contributed by atoms with Crippen molar-refractivity contribution in [1.82, 2.24) is 0 Å². The Hall–Kier alpha value is -2.04. The van der Waals surface area contributed by atoms with Crippen LogP contribution in [0.1, 0.15) is 21.5 Å². The van der Waals surface area contributed by atoms with E-state index in [0.717, 1.165) is 5.56 Å². The number of nitrogens with one attached hydrogen (secondary N) is 1. The van der Waals surface area contributed by atoms with E-state index in [-0.39, 0.29) is 23.1 Å². The van der Waals surface area contributed by atoms with Gasteiger partial charge in [-0.25, -0.2) is 0 Å². The summed E-state index contributed by atoms with van der Waals surface area (Å²) >= 11 is 12.1.